The van der Waals surface area contributed by atoms with Gasteiger partial charge in [-0.1, -0.05) is 23.7 Å². The molecule has 0 radical (unpaired) electrons. The quantitative estimate of drug-likeness (QED) is 0.795. The molecular weight excluding hydrogens is 393 g/mol. The van der Waals surface area contributed by atoms with Gasteiger partial charge >= 0.3 is 6.18 Å². The summed E-state index contributed by atoms with van der Waals surface area (Å²) >= 11 is 5.98. The average Bonchev–Trinajstić information content (AvgIpc) is 2.50. The summed E-state index contributed by atoms with van der Waals surface area (Å²) in [5.41, 5.74) is -0.275. The first-order valence-electron chi connectivity index (χ1n) is 7.17. The zero-order valence-electron chi connectivity index (χ0n) is 13.4. The van der Waals surface area contributed by atoms with E-state index in [-0.39, 0.29) is 28.4 Å². The average molecular weight is 407 g/mol. The molecule has 0 bridgehead atoms. The number of hydrogen-bond donors (Lipinski definition) is 2. The largest absolute Gasteiger partial charge is 0.416 e. The van der Waals surface area contributed by atoms with E-state index in [4.69, 9.17) is 11.6 Å². The van der Waals surface area contributed by atoms with Gasteiger partial charge in [0.2, 0.25) is 10.0 Å². The molecule has 140 valence electrons. The second-order valence-electron chi connectivity index (χ2n) is 5.45. The van der Waals surface area contributed by atoms with Crippen molar-refractivity contribution in [2.45, 2.75) is 12.7 Å². The highest BCUT2D eigenvalue weighted by Crippen LogP contribution is 2.29. The SMILES string of the molecule is CS(=O)(=O)Nc1ccc(C(=O)NCc2cccc(C(F)(F)F)c2)c(Cl)c1. The summed E-state index contributed by atoms with van der Waals surface area (Å²) in [6, 6.07) is 8.53. The van der Waals surface area contributed by atoms with Gasteiger partial charge in [-0.25, -0.2) is 8.42 Å². The van der Waals surface area contributed by atoms with Crippen molar-refractivity contribution in [3.63, 3.8) is 0 Å². The molecule has 0 aliphatic rings. The molecule has 5 nitrogen and oxygen atoms in total. The molecule has 0 saturated heterocycles. The van der Waals surface area contributed by atoms with Crippen LogP contribution in [0.2, 0.25) is 5.02 Å². The number of carbonyl (C=O) groups is 1. The van der Waals surface area contributed by atoms with Crippen LogP contribution < -0.4 is 10.0 Å². The van der Waals surface area contributed by atoms with Gasteiger partial charge < -0.3 is 5.32 Å². The lowest BCUT2D eigenvalue weighted by atomic mass is 10.1. The minimum Gasteiger partial charge on any atom is -0.348 e. The van der Waals surface area contributed by atoms with Gasteiger partial charge in [-0.05, 0) is 35.9 Å². The van der Waals surface area contributed by atoms with Gasteiger partial charge in [0.05, 0.1) is 22.4 Å². The number of hydrogen-bond acceptors (Lipinski definition) is 3. The van der Waals surface area contributed by atoms with Crippen LogP contribution in [0.5, 0.6) is 0 Å². The first kappa shape index (κ1) is 20.1. The van der Waals surface area contributed by atoms with Crippen LogP contribution in [0, 0.1) is 0 Å². The van der Waals surface area contributed by atoms with Crippen molar-refractivity contribution in [1.29, 1.82) is 0 Å². The molecule has 0 aliphatic carbocycles. The minimum atomic E-state index is -4.47. The lowest BCUT2D eigenvalue weighted by Gasteiger charge is -2.11. The monoisotopic (exact) mass is 406 g/mol. The number of sulfonamides is 1. The number of benzene rings is 2. The van der Waals surface area contributed by atoms with Crippen molar-refractivity contribution in [3.8, 4) is 0 Å². The molecule has 0 fully saturated rings. The molecule has 2 rings (SSSR count). The van der Waals surface area contributed by atoms with E-state index in [1.165, 1.54) is 30.3 Å². The highest BCUT2D eigenvalue weighted by atomic mass is 35.5. The fourth-order valence-electron chi connectivity index (χ4n) is 2.11. The smallest absolute Gasteiger partial charge is 0.348 e. The summed E-state index contributed by atoms with van der Waals surface area (Å²) in [7, 11) is -3.49. The summed E-state index contributed by atoms with van der Waals surface area (Å²) < 4.78 is 62.6. The summed E-state index contributed by atoms with van der Waals surface area (Å²) in [5, 5.41) is 2.47. The van der Waals surface area contributed by atoms with E-state index in [0.29, 0.717) is 0 Å². The third-order valence-corrected chi connectivity index (χ3v) is 4.14. The highest BCUT2D eigenvalue weighted by molar-refractivity contribution is 7.92. The number of rotatable bonds is 5. The molecule has 0 spiro atoms. The van der Waals surface area contributed by atoms with Crippen LogP contribution in [0.1, 0.15) is 21.5 Å². The Labute approximate surface area is 153 Å². The molecule has 10 heteroatoms. The Morgan fingerprint density at radius 1 is 1.15 bits per heavy atom. The zero-order chi connectivity index (χ0) is 19.5. The van der Waals surface area contributed by atoms with E-state index >= 15 is 0 Å². The third-order valence-electron chi connectivity index (χ3n) is 3.22. The number of nitrogens with one attached hydrogen (secondary N) is 2. The normalized spacial score (nSPS) is 11.9. The molecule has 0 heterocycles. The second kappa shape index (κ2) is 7.55. The molecule has 0 aliphatic heterocycles. The maximum Gasteiger partial charge on any atom is 0.416 e. The third kappa shape index (κ3) is 5.63. The van der Waals surface area contributed by atoms with Crippen LogP contribution in [0.3, 0.4) is 0 Å². The van der Waals surface area contributed by atoms with Gasteiger partial charge in [0.1, 0.15) is 0 Å². The van der Waals surface area contributed by atoms with Crippen LogP contribution in [0.15, 0.2) is 42.5 Å². The van der Waals surface area contributed by atoms with E-state index in [0.717, 1.165) is 18.4 Å². The van der Waals surface area contributed by atoms with E-state index in [2.05, 4.69) is 10.0 Å². The Balaban J connectivity index is 2.09. The lowest BCUT2D eigenvalue weighted by Crippen LogP contribution is -2.23. The van der Waals surface area contributed by atoms with Crippen LogP contribution in [0.25, 0.3) is 0 Å². The van der Waals surface area contributed by atoms with Gasteiger partial charge in [-0.15, -0.1) is 0 Å². The molecule has 26 heavy (non-hydrogen) atoms. The van der Waals surface area contributed by atoms with Crippen molar-refractivity contribution in [1.82, 2.24) is 5.32 Å². The van der Waals surface area contributed by atoms with Crippen LogP contribution in [0.4, 0.5) is 18.9 Å². The number of carbonyl (C=O) groups excluding carboxylic acids is 1. The molecule has 1 amide bonds. The highest BCUT2D eigenvalue weighted by Gasteiger charge is 2.30. The topological polar surface area (TPSA) is 75.3 Å². The van der Waals surface area contributed by atoms with E-state index < -0.39 is 27.7 Å². The Bertz CT molecular complexity index is 931. The fraction of sp³-hybridized carbons (Fsp3) is 0.188. The number of anilines is 1. The summed E-state index contributed by atoms with van der Waals surface area (Å²) in [6.07, 6.45) is -3.50. The van der Waals surface area contributed by atoms with E-state index in [1.54, 1.807) is 0 Å². The van der Waals surface area contributed by atoms with Crippen LogP contribution >= 0.6 is 11.6 Å². The molecule has 2 aromatic carbocycles. The zero-order valence-corrected chi connectivity index (χ0v) is 15.0. The summed E-state index contributed by atoms with van der Waals surface area (Å²) in [4.78, 5) is 12.2. The first-order valence-corrected chi connectivity index (χ1v) is 9.44. The van der Waals surface area contributed by atoms with Gasteiger partial charge in [0.15, 0.2) is 0 Å². The van der Waals surface area contributed by atoms with Crippen LogP contribution in [-0.4, -0.2) is 20.6 Å². The number of alkyl halides is 3. The molecular formula is C16H14ClF3N2O3S. The Morgan fingerprint density at radius 2 is 1.85 bits per heavy atom. The predicted octanol–water partition coefficient (Wildman–Crippen LogP) is 3.66. The van der Waals surface area contributed by atoms with Gasteiger partial charge in [-0.2, -0.15) is 13.2 Å². The van der Waals surface area contributed by atoms with E-state index in [9.17, 15) is 26.4 Å². The van der Waals surface area contributed by atoms with Crippen molar-refractivity contribution in [3.05, 3.63) is 64.2 Å². The number of halogens is 4. The van der Waals surface area contributed by atoms with E-state index in [1.807, 2.05) is 0 Å². The standard InChI is InChI=1S/C16H14ClF3N2O3S/c1-26(24,25)22-12-5-6-13(14(17)8-12)15(23)21-9-10-3-2-4-11(7-10)16(18,19)20/h2-8,22H,9H2,1H3,(H,21,23). The van der Waals surface area contributed by atoms with Gasteiger partial charge in [0.25, 0.3) is 5.91 Å². The summed E-state index contributed by atoms with van der Waals surface area (Å²) in [5.74, 6) is -0.599. The molecule has 0 aromatic heterocycles. The minimum absolute atomic E-state index is 0.000178. The van der Waals surface area contributed by atoms with Crippen molar-refractivity contribution >= 4 is 33.2 Å². The van der Waals surface area contributed by atoms with Crippen LogP contribution in [-0.2, 0) is 22.7 Å². The lowest BCUT2D eigenvalue weighted by molar-refractivity contribution is -0.137. The number of amides is 1. The Morgan fingerprint density at radius 3 is 2.42 bits per heavy atom. The maximum atomic E-state index is 12.7. The fourth-order valence-corrected chi connectivity index (χ4v) is 2.93. The van der Waals surface area contributed by atoms with Gasteiger partial charge in [0, 0.05) is 12.2 Å². The molecule has 2 aromatic rings. The maximum absolute atomic E-state index is 12.7. The van der Waals surface area contributed by atoms with Crippen molar-refractivity contribution in [2.24, 2.45) is 0 Å². The van der Waals surface area contributed by atoms with Crippen molar-refractivity contribution < 1.29 is 26.4 Å². The van der Waals surface area contributed by atoms with Crippen molar-refractivity contribution in [2.75, 3.05) is 11.0 Å². The summed E-state index contributed by atoms with van der Waals surface area (Å²) in [6.45, 7) is -0.123. The molecule has 0 unspecified atom stereocenters. The van der Waals surface area contributed by atoms with Gasteiger partial charge in [-0.3, -0.25) is 9.52 Å². The predicted molar refractivity (Wildman–Crippen MR) is 92.5 cm³/mol. The Hall–Kier alpha value is -2.26. The Kier molecular flexibility index (Phi) is 5.82. The second-order valence-corrected chi connectivity index (χ2v) is 7.61. The molecule has 0 atom stereocenters. The molecule has 2 N–H and O–H groups in total. The molecule has 0 saturated carbocycles. The first-order chi connectivity index (χ1) is 12.0.